The molecule has 0 saturated heterocycles. The van der Waals surface area contributed by atoms with Gasteiger partial charge in [0.15, 0.2) is 0 Å². The number of hydrogen-bond acceptors (Lipinski definition) is 0. The molecule has 20 heavy (non-hydrogen) atoms. The van der Waals surface area contributed by atoms with E-state index in [0.29, 0.717) is 0 Å². The Bertz CT molecular complexity index is 708. The third-order valence-electron chi connectivity index (χ3n) is 3.74. The lowest BCUT2D eigenvalue weighted by Crippen LogP contribution is -1.94. The summed E-state index contributed by atoms with van der Waals surface area (Å²) in [7, 11) is 0. The summed E-state index contributed by atoms with van der Waals surface area (Å²) >= 11 is 0. The van der Waals surface area contributed by atoms with E-state index in [2.05, 4.69) is 73.4 Å². The van der Waals surface area contributed by atoms with Gasteiger partial charge in [0.2, 0.25) is 0 Å². The number of aromatic amines is 1. The molecule has 0 aliphatic heterocycles. The van der Waals surface area contributed by atoms with Gasteiger partial charge in [0.1, 0.15) is 0 Å². The molecule has 0 atom stereocenters. The van der Waals surface area contributed by atoms with Gasteiger partial charge in [-0.2, -0.15) is 0 Å². The standard InChI is InChI=1S/C19H19N/c1-14-9-10-15(2)19(12-14)18-8-4-3-6-16(18)13-17-7-5-11-20-17/h3-12,20H,13H2,1-2H3. The van der Waals surface area contributed by atoms with Crippen LogP contribution in [0.15, 0.2) is 60.8 Å². The van der Waals surface area contributed by atoms with Gasteiger partial charge in [-0.1, -0.05) is 48.0 Å². The smallest absolute Gasteiger partial charge is 0.0191 e. The van der Waals surface area contributed by atoms with Gasteiger partial charge < -0.3 is 4.98 Å². The van der Waals surface area contributed by atoms with E-state index in [9.17, 15) is 0 Å². The lowest BCUT2D eigenvalue weighted by Gasteiger charge is -2.12. The summed E-state index contributed by atoms with van der Waals surface area (Å²) in [5.41, 5.74) is 7.93. The molecular formula is C19H19N. The maximum atomic E-state index is 3.29. The maximum absolute atomic E-state index is 3.29. The van der Waals surface area contributed by atoms with Crippen molar-refractivity contribution < 1.29 is 0 Å². The van der Waals surface area contributed by atoms with E-state index >= 15 is 0 Å². The first-order chi connectivity index (χ1) is 9.74. The molecule has 1 N–H and O–H groups in total. The molecule has 100 valence electrons. The van der Waals surface area contributed by atoms with Crippen LogP contribution in [-0.2, 0) is 6.42 Å². The molecule has 3 rings (SSSR count). The highest BCUT2D eigenvalue weighted by Gasteiger charge is 2.08. The summed E-state index contributed by atoms with van der Waals surface area (Å²) in [6.45, 7) is 4.33. The molecule has 0 amide bonds. The van der Waals surface area contributed by atoms with E-state index in [0.717, 1.165) is 6.42 Å². The first-order valence-corrected chi connectivity index (χ1v) is 7.02. The van der Waals surface area contributed by atoms with Crippen LogP contribution in [0.3, 0.4) is 0 Å². The predicted molar refractivity (Wildman–Crippen MR) is 85.0 cm³/mol. The van der Waals surface area contributed by atoms with Gasteiger partial charge in [-0.15, -0.1) is 0 Å². The zero-order valence-electron chi connectivity index (χ0n) is 12.0. The second-order valence-electron chi connectivity index (χ2n) is 5.35. The molecule has 0 radical (unpaired) electrons. The molecule has 1 heterocycles. The van der Waals surface area contributed by atoms with Crippen molar-refractivity contribution in [3.05, 3.63) is 83.2 Å². The van der Waals surface area contributed by atoms with Crippen molar-refractivity contribution in [2.24, 2.45) is 0 Å². The summed E-state index contributed by atoms with van der Waals surface area (Å²) in [4.78, 5) is 3.29. The number of aryl methyl sites for hydroxylation is 2. The van der Waals surface area contributed by atoms with E-state index in [-0.39, 0.29) is 0 Å². The second kappa shape index (κ2) is 5.38. The van der Waals surface area contributed by atoms with Crippen LogP contribution in [0.25, 0.3) is 11.1 Å². The third kappa shape index (κ3) is 2.53. The van der Waals surface area contributed by atoms with Gasteiger partial charge in [-0.05, 0) is 48.2 Å². The molecule has 1 aromatic heterocycles. The van der Waals surface area contributed by atoms with E-state index in [1.807, 2.05) is 6.20 Å². The van der Waals surface area contributed by atoms with Crippen LogP contribution in [0.5, 0.6) is 0 Å². The van der Waals surface area contributed by atoms with Gasteiger partial charge in [0.05, 0.1) is 0 Å². The lowest BCUT2D eigenvalue weighted by molar-refractivity contribution is 1.11. The van der Waals surface area contributed by atoms with Gasteiger partial charge >= 0.3 is 0 Å². The molecule has 2 aromatic carbocycles. The lowest BCUT2D eigenvalue weighted by atomic mass is 9.93. The molecule has 0 aliphatic rings. The third-order valence-corrected chi connectivity index (χ3v) is 3.74. The van der Waals surface area contributed by atoms with Gasteiger partial charge in [0.25, 0.3) is 0 Å². The Labute approximate surface area is 120 Å². The number of nitrogens with one attached hydrogen (secondary N) is 1. The first-order valence-electron chi connectivity index (χ1n) is 7.02. The van der Waals surface area contributed by atoms with Crippen molar-refractivity contribution in [1.82, 2.24) is 4.98 Å². The number of aromatic nitrogens is 1. The van der Waals surface area contributed by atoms with E-state index in [1.54, 1.807) is 0 Å². The molecule has 0 fully saturated rings. The Balaban J connectivity index is 2.07. The minimum absolute atomic E-state index is 0.941. The van der Waals surface area contributed by atoms with Crippen molar-refractivity contribution in [1.29, 1.82) is 0 Å². The molecule has 0 spiro atoms. The van der Waals surface area contributed by atoms with Crippen LogP contribution in [-0.4, -0.2) is 4.98 Å². The van der Waals surface area contributed by atoms with Crippen molar-refractivity contribution in [3.63, 3.8) is 0 Å². The number of H-pyrrole nitrogens is 1. The fraction of sp³-hybridized carbons (Fsp3) is 0.158. The molecule has 0 bridgehead atoms. The van der Waals surface area contributed by atoms with Crippen LogP contribution in [0.4, 0.5) is 0 Å². The van der Waals surface area contributed by atoms with Crippen LogP contribution < -0.4 is 0 Å². The van der Waals surface area contributed by atoms with Crippen molar-refractivity contribution in [2.45, 2.75) is 20.3 Å². The molecular weight excluding hydrogens is 242 g/mol. The minimum Gasteiger partial charge on any atom is -0.365 e. The second-order valence-corrected chi connectivity index (χ2v) is 5.35. The SMILES string of the molecule is Cc1ccc(C)c(-c2ccccc2Cc2ccc[nH]2)c1. The van der Waals surface area contributed by atoms with Crippen LogP contribution in [0.2, 0.25) is 0 Å². The predicted octanol–water partition coefficient (Wildman–Crippen LogP) is 4.89. The molecule has 0 unspecified atom stereocenters. The van der Waals surface area contributed by atoms with Crippen molar-refractivity contribution >= 4 is 0 Å². The number of rotatable bonds is 3. The summed E-state index contributed by atoms with van der Waals surface area (Å²) in [5.74, 6) is 0. The maximum Gasteiger partial charge on any atom is 0.0191 e. The fourth-order valence-corrected chi connectivity index (χ4v) is 2.65. The summed E-state index contributed by atoms with van der Waals surface area (Å²) in [6.07, 6.45) is 2.92. The monoisotopic (exact) mass is 261 g/mol. The zero-order chi connectivity index (χ0) is 13.9. The topological polar surface area (TPSA) is 15.8 Å². The Hall–Kier alpha value is -2.28. The Morgan fingerprint density at radius 3 is 2.50 bits per heavy atom. The molecule has 1 nitrogen and oxygen atoms in total. The quantitative estimate of drug-likeness (QED) is 0.691. The van der Waals surface area contributed by atoms with E-state index < -0.39 is 0 Å². The fourth-order valence-electron chi connectivity index (χ4n) is 2.65. The average molecular weight is 261 g/mol. The van der Waals surface area contributed by atoms with E-state index in [1.165, 1.54) is 33.5 Å². The number of benzene rings is 2. The largest absolute Gasteiger partial charge is 0.365 e. The highest BCUT2D eigenvalue weighted by Crippen LogP contribution is 2.29. The zero-order valence-corrected chi connectivity index (χ0v) is 12.0. The van der Waals surface area contributed by atoms with Crippen LogP contribution in [0.1, 0.15) is 22.4 Å². The number of hydrogen-bond donors (Lipinski definition) is 1. The molecule has 3 aromatic rings. The molecule has 0 saturated carbocycles. The summed E-state index contributed by atoms with van der Waals surface area (Å²) in [5, 5.41) is 0. The Kier molecular flexibility index (Phi) is 3.42. The molecule has 1 heteroatoms. The summed E-state index contributed by atoms with van der Waals surface area (Å²) in [6, 6.07) is 19.5. The van der Waals surface area contributed by atoms with Crippen LogP contribution in [0, 0.1) is 13.8 Å². The first kappa shape index (κ1) is 12.7. The highest BCUT2D eigenvalue weighted by molar-refractivity contribution is 5.71. The Morgan fingerprint density at radius 1 is 0.850 bits per heavy atom. The van der Waals surface area contributed by atoms with Gasteiger partial charge in [-0.3, -0.25) is 0 Å². The molecule has 0 aliphatic carbocycles. The minimum atomic E-state index is 0.941. The van der Waals surface area contributed by atoms with E-state index in [4.69, 9.17) is 0 Å². The van der Waals surface area contributed by atoms with Gasteiger partial charge in [-0.25, -0.2) is 0 Å². The average Bonchev–Trinajstić information content (AvgIpc) is 2.95. The van der Waals surface area contributed by atoms with Crippen molar-refractivity contribution in [2.75, 3.05) is 0 Å². The summed E-state index contributed by atoms with van der Waals surface area (Å²) < 4.78 is 0. The normalized spacial score (nSPS) is 10.7. The Morgan fingerprint density at radius 2 is 1.70 bits per heavy atom. The van der Waals surface area contributed by atoms with Gasteiger partial charge in [0, 0.05) is 18.3 Å². The van der Waals surface area contributed by atoms with Crippen molar-refractivity contribution in [3.8, 4) is 11.1 Å². The van der Waals surface area contributed by atoms with Crippen LogP contribution >= 0.6 is 0 Å². The highest BCUT2D eigenvalue weighted by atomic mass is 14.7.